The largest absolute Gasteiger partial charge is 0.324 e. The molecule has 0 atom stereocenters. The molecule has 5 heteroatoms. The molecule has 124 valence electrons. The zero-order chi connectivity index (χ0) is 17.4. The Balaban J connectivity index is 2.46. The van der Waals surface area contributed by atoms with Crippen LogP contribution in [0.2, 0.25) is 19.6 Å². The molecule has 1 N–H and O–H groups in total. The van der Waals surface area contributed by atoms with Crippen LogP contribution in [0.15, 0.2) is 23.9 Å². The second kappa shape index (κ2) is 5.96. The van der Waals surface area contributed by atoms with Crippen LogP contribution < -0.4 is 5.32 Å². The summed E-state index contributed by atoms with van der Waals surface area (Å²) in [6, 6.07) is 5.63. The zero-order valence-corrected chi connectivity index (χ0v) is 15.9. The van der Waals surface area contributed by atoms with Crippen LogP contribution in [0.3, 0.4) is 0 Å². The van der Waals surface area contributed by atoms with Crippen LogP contribution in [0.1, 0.15) is 36.7 Å². The van der Waals surface area contributed by atoms with Gasteiger partial charge in [0.25, 0.3) is 5.91 Å². The van der Waals surface area contributed by atoms with E-state index in [1.807, 2.05) is 39.0 Å². The third-order valence-corrected chi connectivity index (χ3v) is 4.85. The Morgan fingerprint density at radius 1 is 1.17 bits per heavy atom. The maximum absolute atomic E-state index is 12.9. The summed E-state index contributed by atoms with van der Waals surface area (Å²) in [6.07, 6.45) is 2.08. The summed E-state index contributed by atoms with van der Waals surface area (Å²) >= 11 is 0. The molecule has 0 aromatic heterocycles. The molecule has 1 aliphatic rings. The summed E-state index contributed by atoms with van der Waals surface area (Å²) in [5.41, 5.74) is 3.99. The minimum atomic E-state index is -1.30. The van der Waals surface area contributed by atoms with Gasteiger partial charge in [-0.25, -0.2) is 0 Å². The topological polar surface area (TPSA) is 49.4 Å². The molecule has 0 bridgehead atoms. The summed E-state index contributed by atoms with van der Waals surface area (Å²) < 4.78 is 0. The monoisotopic (exact) mass is 330 g/mol. The lowest BCUT2D eigenvalue weighted by molar-refractivity contribution is -0.117. The van der Waals surface area contributed by atoms with Crippen molar-refractivity contribution in [1.82, 2.24) is 4.90 Å². The molecule has 0 spiro atoms. The highest BCUT2D eigenvalue weighted by atomic mass is 28.3. The highest BCUT2D eigenvalue weighted by Gasteiger charge is 2.33. The molecule has 1 aromatic carbocycles. The predicted octanol–water partition coefficient (Wildman–Crippen LogP) is 3.77. The van der Waals surface area contributed by atoms with Crippen LogP contribution in [0.5, 0.6) is 0 Å². The van der Waals surface area contributed by atoms with Gasteiger partial charge in [-0.1, -0.05) is 37.5 Å². The zero-order valence-electron chi connectivity index (χ0n) is 14.9. The Labute approximate surface area is 139 Å². The summed E-state index contributed by atoms with van der Waals surface area (Å²) in [7, 11) is -1.30. The Morgan fingerprint density at radius 2 is 1.83 bits per heavy atom. The molecule has 0 unspecified atom stereocenters. The van der Waals surface area contributed by atoms with Gasteiger partial charge in [0.1, 0.15) is 6.54 Å². The molecule has 2 rings (SSSR count). The van der Waals surface area contributed by atoms with Crippen molar-refractivity contribution in [2.45, 2.75) is 46.0 Å². The molecule has 1 aliphatic heterocycles. The Kier molecular flexibility index (Phi) is 4.53. The Morgan fingerprint density at radius 3 is 2.39 bits per heavy atom. The number of carbonyl (C=O) groups is 2. The number of hydrogen-bond donors (Lipinski definition) is 1. The van der Waals surface area contributed by atoms with Gasteiger partial charge in [-0.15, -0.1) is 0 Å². The molecule has 0 radical (unpaired) electrons. The first-order valence-corrected chi connectivity index (χ1v) is 11.5. The lowest BCUT2D eigenvalue weighted by Gasteiger charge is -2.34. The number of hydrogen-bond acceptors (Lipinski definition) is 2. The summed E-state index contributed by atoms with van der Waals surface area (Å²) in [5.74, 6) is -0.258. The van der Waals surface area contributed by atoms with Crippen molar-refractivity contribution >= 4 is 31.7 Å². The number of amides is 2. The second-order valence-corrected chi connectivity index (χ2v) is 13.2. The smallest absolute Gasteiger partial charge is 0.256 e. The maximum atomic E-state index is 12.9. The average molecular weight is 331 g/mol. The van der Waals surface area contributed by atoms with Gasteiger partial charge in [0, 0.05) is 5.54 Å². The van der Waals surface area contributed by atoms with Gasteiger partial charge in [-0.2, -0.15) is 0 Å². The van der Waals surface area contributed by atoms with E-state index in [2.05, 4.69) is 36.7 Å². The highest BCUT2D eigenvalue weighted by Crippen LogP contribution is 2.27. The summed E-state index contributed by atoms with van der Waals surface area (Å²) in [6.45, 7) is 12.7. The molecule has 23 heavy (non-hydrogen) atoms. The molecular weight excluding hydrogens is 304 g/mol. The number of benzene rings is 1. The minimum Gasteiger partial charge on any atom is -0.324 e. The minimum absolute atomic E-state index is 0.0804. The van der Waals surface area contributed by atoms with Crippen molar-refractivity contribution in [2.24, 2.45) is 0 Å². The van der Waals surface area contributed by atoms with E-state index in [0.29, 0.717) is 11.3 Å². The van der Waals surface area contributed by atoms with Crippen LogP contribution in [0.25, 0.3) is 6.08 Å². The molecular formula is C18H26N2O2Si. The van der Waals surface area contributed by atoms with Crippen LogP contribution in [-0.4, -0.2) is 36.9 Å². The van der Waals surface area contributed by atoms with Gasteiger partial charge in [0.05, 0.1) is 19.3 Å². The molecule has 1 heterocycles. The van der Waals surface area contributed by atoms with Crippen molar-refractivity contribution in [1.29, 1.82) is 0 Å². The number of nitrogens with one attached hydrogen (secondary N) is 1. The van der Waals surface area contributed by atoms with E-state index >= 15 is 0 Å². The fraction of sp³-hybridized carbons (Fsp3) is 0.444. The average Bonchev–Trinajstić information content (AvgIpc) is 2.52. The standard InChI is InChI=1S/C18H26N2O2Si/c1-18(2,3)20-12-16(21)19-15-8-7-13(9-10-23(4,5)6)11-14(15)17(20)22/h7-11H,12H2,1-6H3,(H,19,21)/b10-9+. The van der Waals surface area contributed by atoms with E-state index in [1.54, 1.807) is 4.90 Å². The molecule has 2 amide bonds. The molecule has 0 aliphatic carbocycles. The molecule has 1 aromatic rings. The first kappa shape index (κ1) is 17.5. The Bertz CT molecular complexity index is 667. The van der Waals surface area contributed by atoms with Gasteiger partial charge in [-0.05, 0) is 38.5 Å². The van der Waals surface area contributed by atoms with Crippen molar-refractivity contribution in [3.8, 4) is 0 Å². The van der Waals surface area contributed by atoms with E-state index < -0.39 is 13.6 Å². The first-order valence-electron chi connectivity index (χ1n) is 7.92. The number of anilines is 1. The van der Waals surface area contributed by atoms with Gasteiger partial charge >= 0.3 is 0 Å². The van der Waals surface area contributed by atoms with Crippen molar-refractivity contribution in [2.75, 3.05) is 11.9 Å². The van der Waals surface area contributed by atoms with E-state index in [0.717, 1.165) is 5.56 Å². The lowest BCUT2D eigenvalue weighted by atomic mass is 10.0. The van der Waals surface area contributed by atoms with Crippen LogP contribution in [0, 0.1) is 0 Å². The molecule has 4 nitrogen and oxygen atoms in total. The van der Waals surface area contributed by atoms with E-state index in [1.165, 1.54) is 0 Å². The third-order valence-electron chi connectivity index (χ3n) is 3.68. The van der Waals surface area contributed by atoms with Crippen LogP contribution >= 0.6 is 0 Å². The van der Waals surface area contributed by atoms with Crippen molar-refractivity contribution < 1.29 is 9.59 Å². The maximum Gasteiger partial charge on any atom is 0.256 e. The highest BCUT2D eigenvalue weighted by molar-refractivity contribution is 6.81. The lowest BCUT2D eigenvalue weighted by Crippen LogP contribution is -2.47. The van der Waals surface area contributed by atoms with Crippen LogP contribution in [0.4, 0.5) is 5.69 Å². The number of rotatable bonds is 2. The molecule has 0 saturated heterocycles. The fourth-order valence-electron chi connectivity index (χ4n) is 2.39. The SMILES string of the molecule is CC(C)(C)N1CC(=O)Nc2ccc(/C=C/[Si](C)(C)C)cc2C1=O. The van der Waals surface area contributed by atoms with Crippen molar-refractivity contribution in [3.05, 3.63) is 35.0 Å². The molecule has 0 fully saturated rings. The fourth-order valence-corrected chi connectivity index (χ4v) is 3.08. The van der Waals surface area contributed by atoms with E-state index in [9.17, 15) is 9.59 Å². The van der Waals surface area contributed by atoms with Gasteiger partial charge in [0.2, 0.25) is 5.91 Å². The van der Waals surface area contributed by atoms with Gasteiger partial charge in [-0.3, -0.25) is 9.59 Å². The predicted molar refractivity (Wildman–Crippen MR) is 98.2 cm³/mol. The second-order valence-electron chi connectivity index (χ2n) is 8.11. The van der Waals surface area contributed by atoms with E-state index in [-0.39, 0.29) is 18.4 Å². The normalized spacial score (nSPS) is 16.3. The van der Waals surface area contributed by atoms with E-state index in [4.69, 9.17) is 0 Å². The Hall–Kier alpha value is -1.88. The number of nitrogens with zero attached hydrogens (tertiary/aromatic N) is 1. The number of fused-ring (bicyclic) bond motifs is 1. The third kappa shape index (κ3) is 4.32. The van der Waals surface area contributed by atoms with Crippen molar-refractivity contribution in [3.63, 3.8) is 0 Å². The van der Waals surface area contributed by atoms with Crippen LogP contribution in [-0.2, 0) is 4.79 Å². The number of carbonyl (C=O) groups excluding carboxylic acids is 2. The molecule has 0 saturated carbocycles. The summed E-state index contributed by atoms with van der Waals surface area (Å²) in [4.78, 5) is 26.6. The quantitative estimate of drug-likeness (QED) is 0.839. The van der Waals surface area contributed by atoms with Gasteiger partial charge < -0.3 is 10.2 Å². The van der Waals surface area contributed by atoms with Gasteiger partial charge in [0.15, 0.2) is 0 Å². The first-order chi connectivity index (χ1) is 10.5. The summed E-state index contributed by atoms with van der Waals surface area (Å²) in [5, 5.41) is 2.84.